The fraction of sp³-hybridized carbons (Fsp3) is 0.875. The number of ketones is 1. The van der Waals surface area contributed by atoms with Crippen LogP contribution in [0.15, 0.2) is 0 Å². The molecular weight excluding hydrogens is 379 g/mol. The SMILES string of the molecule is O=C([C](CC1(C(F)(F)F)CC1)C1(C(F)(F)F)CCC1)C1(C(F)(F)F)CC1. The molecule has 0 aliphatic heterocycles. The van der Waals surface area contributed by atoms with E-state index in [1.807, 2.05) is 0 Å². The minimum atomic E-state index is -5.07. The molecule has 1 radical (unpaired) electrons. The third kappa shape index (κ3) is 2.65. The second-order valence-electron chi connectivity index (χ2n) is 7.78. The number of Topliss-reactive ketones (excluding diaryl/α,β-unsaturated/α-hetero) is 1. The normalized spacial score (nSPS) is 26.4. The van der Waals surface area contributed by atoms with E-state index >= 15 is 0 Å². The molecule has 0 N–H and O–H groups in total. The Morgan fingerprint density at radius 3 is 1.35 bits per heavy atom. The van der Waals surface area contributed by atoms with Crippen molar-refractivity contribution in [3.05, 3.63) is 5.92 Å². The van der Waals surface area contributed by atoms with Crippen LogP contribution in [0.2, 0.25) is 0 Å². The minimum absolute atomic E-state index is 0.00826. The van der Waals surface area contributed by atoms with Gasteiger partial charge in [0, 0.05) is 0 Å². The summed E-state index contributed by atoms with van der Waals surface area (Å²) in [7, 11) is 0. The highest BCUT2D eigenvalue weighted by atomic mass is 19.4. The van der Waals surface area contributed by atoms with Crippen molar-refractivity contribution in [1.82, 2.24) is 0 Å². The van der Waals surface area contributed by atoms with Crippen molar-refractivity contribution in [2.75, 3.05) is 0 Å². The van der Waals surface area contributed by atoms with E-state index in [1.165, 1.54) is 0 Å². The van der Waals surface area contributed by atoms with E-state index < -0.39 is 91.4 Å². The lowest BCUT2D eigenvalue weighted by Crippen LogP contribution is -2.54. The molecule has 0 unspecified atom stereocenters. The first kappa shape index (κ1) is 19.8. The molecule has 0 aromatic rings. The summed E-state index contributed by atoms with van der Waals surface area (Å²) in [6.07, 6.45) is -19.8. The molecule has 0 spiro atoms. The second kappa shape index (κ2) is 5.31. The van der Waals surface area contributed by atoms with Gasteiger partial charge in [0.2, 0.25) is 0 Å². The first-order valence-corrected chi connectivity index (χ1v) is 8.23. The van der Waals surface area contributed by atoms with E-state index in [2.05, 4.69) is 0 Å². The monoisotopic (exact) mass is 395 g/mol. The van der Waals surface area contributed by atoms with E-state index in [0.717, 1.165) is 0 Å². The maximum atomic E-state index is 13.6. The van der Waals surface area contributed by atoms with Crippen LogP contribution in [0.4, 0.5) is 39.5 Å². The van der Waals surface area contributed by atoms with Crippen molar-refractivity contribution in [2.45, 2.75) is 69.9 Å². The summed E-state index contributed by atoms with van der Waals surface area (Å²) in [6, 6.07) is 0. The van der Waals surface area contributed by atoms with Gasteiger partial charge in [0.1, 0.15) is 5.41 Å². The number of hydrogen-bond acceptors (Lipinski definition) is 1. The summed E-state index contributed by atoms with van der Waals surface area (Å²) in [4.78, 5) is 12.6. The first-order valence-electron chi connectivity index (χ1n) is 8.23. The summed E-state index contributed by atoms with van der Waals surface area (Å²) in [5, 5.41) is 0. The Hall–Kier alpha value is -0.960. The van der Waals surface area contributed by atoms with Gasteiger partial charge in [0.15, 0.2) is 5.78 Å². The molecule has 10 heteroatoms. The molecule has 3 aliphatic carbocycles. The van der Waals surface area contributed by atoms with Gasteiger partial charge < -0.3 is 0 Å². The molecule has 1 nitrogen and oxygen atoms in total. The Morgan fingerprint density at radius 1 is 0.654 bits per heavy atom. The highest BCUT2D eigenvalue weighted by Gasteiger charge is 2.76. The summed E-state index contributed by atoms with van der Waals surface area (Å²) in [5.41, 5.74) is -8.31. The van der Waals surface area contributed by atoms with Crippen molar-refractivity contribution < 1.29 is 44.3 Å². The summed E-state index contributed by atoms with van der Waals surface area (Å²) in [6.45, 7) is 0. The molecule has 0 aromatic heterocycles. The maximum Gasteiger partial charge on any atom is 0.401 e. The van der Waals surface area contributed by atoms with Crippen LogP contribution in [0.3, 0.4) is 0 Å². The Labute approximate surface area is 143 Å². The van der Waals surface area contributed by atoms with Crippen LogP contribution >= 0.6 is 0 Å². The van der Waals surface area contributed by atoms with Crippen LogP contribution < -0.4 is 0 Å². The van der Waals surface area contributed by atoms with Gasteiger partial charge in [-0.3, -0.25) is 4.79 Å². The van der Waals surface area contributed by atoms with Crippen LogP contribution in [0.1, 0.15) is 51.4 Å². The second-order valence-corrected chi connectivity index (χ2v) is 7.78. The molecule has 149 valence electrons. The average molecular weight is 395 g/mol. The average Bonchev–Trinajstić information content (AvgIpc) is 3.25. The number of carbonyl (C=O) groups is 1. The smallest absolute Gasteiger partial charge is 0.298 e. The van der Waals surface area contributed by atoms with Gasteiger partial charge in [-0.1, -0.05) is 6.42 Å². The van der Waals surface area contributed by atoms with E-state index in [9.17, 15) is 44.3 Å². The van der Waals surface area contributed by atoms with Gasteiger partial charge >= 0.3 is 18.5 Å². The lowest BCUT2D eigenvalue weighted by atomic mass is 9.55. The van der Waals surface area contributed by atoms with Crippen molar-refractivity contribution >= 4 is 5.78 Å². The van der Waals surface area contributed by atoms with E-state index in [1.54, 1.807) is 0 Å². The molecule has 0 amide bonds. The van der Waals surface area contributed by atoms with Crippen molar-refractivity contribution in [3.8, 4) is 0 Å². The van der Waals surface area contributed by atoms with Crippen LogP contribution in [0, 0.1) is 22.2 Å². The lowest BCUT2D eigenvalue weighted by Gasteiger charge is -2.49. The summed E-state index contributed by atoms with van der Waals surface area (Å²) in [5.74, 6) is -2.99. The Morgan fingerprint density at radius 2 is 1.12 bits per heavy atom. The summed E-state index contributed by atoms with van der Waals surface area (Å²) >= 11 is 0. The zero-order valence-electron chi connectivity index (χ0n) is 13.5. The van der Waals surface area contributed by atoms with Gasteiger partial charge in [0.25, 0.3) is 0 Å². The fourth-order valence-corrected chi connectivity index (χ4v) is 3.86. The van der Waals surface area contributed by atoms with Crippen LogP contribution in [0.5, 0.6) is 0 Å². The van der Waals surface area contributed by atoms with Gasteiger partial charge in [-0.2, -0.15) is 39.5 Å². The van der Waals surface area contributed by atoms with E-state index in [-0.39, 0.29) is 6.42 Å². The highest BCUT2D eigenvalue weighted by Crippen LogP contribution is 2.70. The third-order valence-electron chi connectivity index (χ3n) is 6.30. The Kier molecular flexibility index (Phi) is 4.04. The van der Waals surface area contributed by atoms with Crippen LogP contribution in [-0.4, -0.2) is 24.3 Å². The molecule has 0 heterocycles. The van der Waals surface area contributed by atoms with E-state index in [4.69, 9.17) is 0 Å². The number of alkyl halides is 9. The minimum Gasteiger partial charge on any atom is -0.298 e. The molecule has 0 atom stereocenters. The zero-order chi connectivity index (χ0) is 19.8. The number of halogens is 9. The molecule has 3 saturated carbocycles. The highest BCUT2D eigenvalue weighted by molar-refractivity contribution is 6.00. The molecule has 26 heavy (non-hydrogen) atoms. The molecule has 0 aromatic carbocycles. The van der Waals surface area contributed by atoms with E-state index in [0.29, 0.717) is 0 Å². The molecule has 3 rings (SSSR count). The standard InChI is InChI=1S/C16H16F9O/c17-14(18,19)11(4-5-11)8-9(12(2-1-3-12)15(20,21)22)10(26)13(6-7-13)16(23,24)25/h1-8H2. The first-order chi connectivity index (χ1) is 11.6. The zero-order valence-corrected chi connectivity index (χ0v) is 13.5. The molecule has 3 aliphatic rings. The number of rotatable bonds is 5. The third-order valence-corrected chi connectivity index (χ3v) is 6.30. The van der Waals surface area contributed by atoms with Gasteiger partial charge in [0.05, 0.1) is 16.7 Å². The van der Waals surface area contributed by atoms with Gasteiger partial charge in [-0.15, -0.1) is 0 Å². The fourth-order valence-electron chi connectivity index (χ4n) is 3.86. The summed E-state index contributed by atoms with van der Waals surface area (Å²) < 4.78 is 120. The predicted molar refractivity (Wildman–Crippen MR) is 70.7 cm³/mol. The van der Waals surface area contributed by atoms with Crippen molar-refractivity contribution in [1.29, 1.82) is 0 Å². The number of carbonyl (C=O) groups excluding carboxylic acids is 1. The molecule has 0 bridgehead atoms. The Balaban J connectivity index is 2.00. The largest absolute Gasteiger partial charge is 0.401 e. The molecular formula is C16H16F9O. The van der Waals surface area contributed by atoms with Crippen LogP contribution in [-0.2, 0) is 4.79 Å². The molecule has 3 fully saturated rings. The quantitative estimate of drug-likeness (QED) is 0.527. The van der Waals surface area contributed by atoms with Crippen LogP contribution in [0.25, 0.3) is 0 Å². The van der Waals surface area contributed by atoms with Crippen molar-refractivity contribution in [3.63, 3.8) is 0 Å². The maximum absolute atomic E-state index is 13.6. The van der Waals surface area contributed by atoms with Gasteiger partial charge in [-0.25, -0.2) is 0 Å². The Bertz CT molecular complexity index is 586. The predicted octanol–water partition coefficient (Wildman–Crippen LogP) is 5.94. The topological polar surface area (TPSA) is 17.1 Å². The molecule has 0 saturated heterocycles. The van der Waals surface area contributed by atoms with Gasteiger partial charge in [-0.05, 0) is 44.9 Å². The van der Waals surface area contributed by atoms with Crippen molar-refractivity contribution in [2.24, 2.45) is 16.2 Å². The lowest BCUT2D eigenvalue weighted by molar-refractivity contribution is -0.251. The number of hydrogen-bond donors (Lipinski definition) is 0.